The van der Waals surface area contributed by atoms with Gasteiger partial charge in [-0.15, -0.1) is 0 Å². The summed E-state index contributed by atoms with van der Waals surface area (Å²) in [6, 6.07) is 2.67. The van der Waals surface area contributed by atoms with Crippen LogP contribution in [0.5, 0.6) is 11.5 Å². The van der Waals surface area contributed by atoms with Crippen LogP contribution in [0.2, 0.25) is 0 Å². The lowest BCUT2D eigenvalue weighted by Crippen LogP contribution is -2.05. The van der Waals surface area contributed by atoms with E-state index in [1.54, 1.807) is 6.92 Å². The quantitative estimate of drug-likeness (QED) is 0.263. The normalized spacial score (nSPS) is 9.50. The first-order valence-electron chi connectivity index (χ1n) is 5.23. The Morgan fingerprint density at radius 2 is 2.17 bits per heavy atom. The molecule has 0 amide bonds. The number of hydrogen-bond donors (Lipinski definition) is 0. The van der Waals surface area contributed by atoms with Crippen LogP contribution in [-0.4, -0.2) is 29.1 Å². The van der Waals surface area contributed by atoms with Gasteiger partial charge in [-0.25, -0.2) is 0 Å². The Bertz CT molecular complexity index is 521. The smallest absolute Gasteiger partial charge is 0.303 e. The van der Waals surface area contributed by atoms with Gasteiger partial charge in [-0.1, -0.05) is 0 Å². The highest BCUT2D eigenvalue weighted by atomic mass is 16.6. The van der Waals surface area contributed by atoms with Crippen molar-refractivity contribution in [2.24, 2.45) is 0 Å². The molecule has 96 valence electrons. The average molecular weight is 251 g/mol. The van der Waals surface area contributed by atoms with Gasteiger partial charge >= 0.3 is 5.71 Å². The predicted molar refractivity (Wildman–Crippen MR) is 64.2 cm³/mol. The molecular formula is C11H13N3O4. The highest BCUT2D eigenvalue weighted by molar-refractivity contribution is 5.99. The molecule has 0 heterocycles. The van der Waals surface area contributed by atoms with Gasteiger partial charge in [-0.2, -0.15) is 4.79 Å². The molecule has 1 aromatic carbocycles. The molecule has 0 radical (unpaired) electrons. The van der Waals surface area contributed by atoms with E-state index >= 15 is 0 Å². The van der Waals surface area contributed by atoms with Crippen LogP contribution in [-0.2, 0) is 0 Å². The lowest BCUT2D eigenvalue weighted by molar-refractivity contribution is -0.385. The van der Waals surface area contributed by atoms with Crippen molar-refractivity contribution in [1.29, 1.82) is 0 Å². The first-order valence-corrected chi connectivity index (χ1v) is 5.23. The molecule has 0 aliphatic rings. The number of nitrogens with zero attached hydrogens (tertiary/aromatic N) is 3. The Balaban J connectivity index is 3.51. The van der Waals surface area contributed by atoms with Gasteiger partial charge in [0.25, 0.3) is 5.69 Å². The van der Waals surface area contributed by atoms with Crippen LogP contribution in [0.1, 0.15) is 19.4 Å². The Morgan fingerprint density at radius 3 is 2.61 bits per heavy atom. The molecule has 0 aliphatic carbocycles. The highest BCUT2D eigenvalue weighted by Crippen LogP contribution is 2.34. The Labute approximate surface area is 104 Å². The minimum absolute atomic E-state index is 0.128. The third-order valence-corrected chi connectivity index (χ3v) is 2.32. The zero-order chi connectivity index (χ0) is 13.7. The van der Waals surface area contributed by atoms with Crippen molar-refractivity contribution in [2.45, 2.75) is 13.8 Å². The third kappa shape index (κ3) is 2.64. The summed E-state index contributed by atoms with van der Waals surface area (Å²) in [5, 5.41) is 11.0. The molecule has 0 spiro atoms. The topological polar surface area (TPSA) is 98.0 Å². The monoisotopic (exact) mass is 251 g/mol. The van der Waals surface area contributed by atoms with Crippen LogP contribution < -0.4 is 9.47 Å². The largest absolute Gasteiger partial charge is 0.493 e. The van der Waals surface area contributed by atoms with Crippen molar-refractivity contribution in [3.63, 3.8) is 0 Å². The van der Waals surface area contributed by atoms with Gasteiger partial charge in [0, 0.05) is 13.0 Å². The first-order chi connectivity index (χ1) is 8.54. The molecule has 18 heavy (non-hydrogen) atoms. The van der Waals surface area contributed by atoms with E-state index in [1.807, 2.05) is 0 Å². The van der Waals surface area contributed by atoms with Crippen molar-refractivity contribution in [3.05, 3.63) is 33.3 Å². The number of rotatable bonds is 5. The van der Waals surface area contributed by atoms with E-state index in [4.69, 9.17) is 15.0 Å². The Morgan fingerprint density at radius 1 is 1.50 bits per heavy atom. The second-order valence-corrected chi connectivity index (χ2v) is 3.40. The fourth-order valence-electron chi connectivity index (χ4n) is 1.47. The van der Waals surface area contributed by atoms with E-state index in [1.165, 1.54) is 26.2 Å². The summed E-state index contributed by atoms with van der Waals surface area (Å²) in [7, 11) is 1.43. The van der Waals surface area contributed by atoms with Crippen LogP contribution in [0.15, 0.2) is 12.1 Å². The van der Waals surface area contributed by atoms with Gasteiger partial charge in [0.2, 0.25) is 0 Å². The van der Waals surface area contributed by atoms with Crippen LogP contribution >= 0.6 is 0 Å². The van der Waals surface area contributed by atoms with Crippen molar-refractivity contribution in [1.82, 2.24) is 0 Å². The molecule has 0 saturated carbocycles. The summed E-state index contributed by atoms with van der Waals surface area (Å²) in [6.45, 7) is 3.58. The fraction of sp³-hybridized carbons (Fsp3) is 0.364. The van der Waals surface area contributed by atoms with Crippen LogP contribution in [0.3, 0.4) is 0 Å². The number of methoxy groups -OCH3 is 1. The van der Waals surface area contributed by atoms with Crippen LogP contribution in [0, 0.1) is 10.1 Å². The number of hydrogen-bond acceptors (Lipinski definition) is 4. The molecule has 0 atom stereocenters. The maximum atomic E-state index is 11.0. The van der Waals surface area contributed by atoms with Gasteiger partial charge in [0.15, 0.2) is 11.5 Å². The molecule has 0 aromatic heterocycles. The minimum atomic E-state index is -0.564. The summed E-state index contributed by atoms with van der Waals surface area (Å²) in [4.78, 5) is 13.4. The molecule has 0 N–H and O–H groups in total. The van der Waals surface area contributed by atoms with E-state index in [9.17, 15) is 10.1 Å². The molecule has 7 heteroatoms. The summed E-state index contributed by atoms with van der Waals surface area (Å²) in [6.07, 6.45) is 0. The SMILES string of the molecule is CCOc1cc([N+](=O)[O-])c(C(C)=[N+]=[N-])cc1OC. The molecule has 7 nitrogen and oxygen atoms in total. The number of ether oxygens (including phenoxy) is 2. The summed E-state index contributed by atoms with van der Waals surface area (Å²) >= 11 is 0. The van der Waals surface area contributed by atoms with Crippen molar-refractivity contribution in [3.8, 4) is 11.5 Å². The molecule has 0 bridgehead atoms. The molecule has 0 saturated heterocycles. The van der Waals surface area contributed by atoms with Gasteiger partial charge in [0.1, 0.15) is 5.56 Å². The molecule has 0 unspecified atom stereocenters. The van der Waals surface area contributed by atoms with Gasteiger partial charge < -0.3 is 15.0 Å². The zero-order valence-corrected chi connectivity index (χ0v) is 10.3. The second-order valence-electron chi connectivity index (χ2n) is 3.40. The summed E-state index contributed by atoms with van der Waals surface area (Å²) in [5.41, 5.74) is 8.84. The zero-order valence-electron chi connectivity index (χ0n) is 10.3. The molecule has 0 fully saturated rings. The summed E-state index contributed by atoms with van der Waals surface area (Å²) in [5.74, 6) is 0.627. The second kappa shape index (κ2) is 5.79. The molecule has 0 aliphatic heterocycles. The summed E-state index contributed by atoms with van der Waals surface area (Å²) < 4.78 is 10.3. The van der Waals surface area contributed by atoms with Gasteiger partial charge in [0.05, 0.1) is 24.7 Å². The molecule has 1 rings (SSSR count). The molecule has 1 aromatic rings. The van der Waals surface area contributed by atoms with Crippen LogP contribution in [0.4, 0.5) is 5.69 Å². The maximum absolute atomic E-state index is 11.0. The van der Waals surface area contributed by atoms with E-state index < -0.39 is 4.92 Å². The lowest BCUT2D eigenvalue weighted by Gasteiger charge is -2.09. The van der Waals surface area contributed by atoms with Crippen molar-refractivity contribution in [2.75, 3.05) is 13.7 Å². The predicted octanol–water partition coefficient (Wildman–Crippen LogP) is 2.04. The van der Waals surface area contributed by atoms with Crippen LogP contribution in [0.25, 0.3) is 5.53 Å². The Kier molecular flexibility index (Phi) is 4.39. The number of benzene rings is 1. The highest BCUT2D eigenvalue weighted by Gasteiger charge is 2.24. The standard InChI is InChI=1S/C11H13N3O4/c1-4-18-11-6-9(14(15)16)8(7(2)13-12)5-10(11)17-3/h5-6H,4H2,1-3H3. The van der Waals surface area contributed by atoms with Gasteiger partial charge in [-0.05, 0) is 6.92 Å². The maximum Gasteiger partial charge on any atom is 0.303 e. The lowest BCUT2D eigenvalue weighted by atomic mass is 10.1. The Hall–Kier alpha value is -2.40. The average Bonchev–Trinajstić information content (AvgIpc) is 2.37. The van der Waals surface area contributed by atoms with E-state index in [-0.39, 0.29) is 22.7 Å². The van der Waals surface area contributed by atoms with E-state index in [0.717, 1.165) is 0 Å². The van der Waals surface area contributed by atoms with E-state index in [0.29, 0.717) is 12.4 Å². The number of nitro benzene ring substituents is 1. The van der Waals surface area contributed by atoms with E-state index in [2.05, 4.69) is 4.79 Å². The van der Waals surface area contributed by atoms with Crippen molar-refractivity contribution < 1.29 is 19.2 Å². The third-order valence-electron chi connectivity index (χ3n) is 2.32. The minimum Gasteiger partial charge on any atom is -0.493 e. The molecular weight excluding hydrogens is 238 g/mol. The first kappa shape index (κ1) is 13.7. The van der Waals surface area contributed by atoms with Crippen molar-refractivity contribution >= 4 is 11.4 Å². The van der Waals surface area contributed by atoms with Gasteiger partial charge in [-0.3, -0.25) is 10.1 Å². The fourth-order valence-corrected chi connectivity index (χ4v) is 1.47. The number of nitro groups is 1.